The number of nitrogens with one attached hydrogen (secondary N) is 1. The fourth-order valence-electron chi connectivity index (χ4n) is 1.74. The molecule has 0 radical (unpaired) electrons. The highest BCUT2D eigenvalue weighted by molar-refractivity contribution is 7.07. The molecule has 1 unspecified atom stereocenters. The van der Waals surface area contributed by atoms with Crippen LogP contribution in [0.5, 0.6) is 0 Å². The number of alkyl halides is 3. The number of carbonyl (C=O) groups excluding carboxylic acids is 1. The highest BCUT2D eigenvalue weighted by Gasteiger charge is 2.33. The molecule has 2 aromatic rings. The first kappa shape index (κ1) is 15.3. The maximum absolute atomic E-state index is 12.7. The molecule has 3 N–H and O–H groups in total. The molecule has 0 spiro atoms. The third kappa shape index (κ3) is 3.52. The molecular weight excluding hydrogens is 303 g/mol. The summed E-state index contributed by atoms with van der Waals surface area (Å²) in [5.41, 5.74) is 4.90. The predicted octanol–water partition coefficient (Wildman–Crippen LogP) is 3.43. The van der Waals surface area contributed by atoms with E-state index >= 15 is 0 Å². The van der Waals surface area contributed by atoms with Crippen molar-refractivity contribution in [1.29, 1.82) is 0 Å². The van der Waals surface area contributed by atoms with Crippen LogP contribution in [0.4, 0.5) is 19.0 Å². The molecule has 0 bridgehead atoms. The Morgan fingerprint density at radius 2 is 2.10 bits per heavy atom. The highest BCUT2D eigenvalue weighted by atomic mass is 32.1. The lowest BCUT2D eigenvalue weighted by Gasteiger charge is -2.17. The van der Waals surface area contributed by atoms with Gasteiger partial charge in [0.1, 0.15) is 11.5 Å². The van der Waals surface area contributed by atoms with Gasteiger partial charge in [0.25, 0.3) is 5.91 Å². The van der Waals surface area contributed by atoms with Crippen molar-refractivity contribution in [2.45, 2.75) is 19.1 Å². The van der Waals surface area contributed by atoms with Crippen LogP contribution in [-0.2, 0) is 6.18 Å². The lowest BCUT2D eigenvalue weighted by atomic mass is 10.1. The molecular formula is C13H12F3N3OS. The Balaban J connectivity index is 2.37. The molecule has 112 valence electrons. The second-order valence-electron chi connectivity index (χ2n) is 4.38. The van der Waals surface area contributed by atoms with Crippen molar-refractivity contribution in [2.75, 3.05) is 5.32 Å². The van der Waals surface area contributed by atoms with E-state index < -0.39 is 17.8 Å². The summed E-state index contributed by atoms with van der Waals surface area (Å²) in [5.74, 6) is -1.01. The van der Waals surface area contributed by atoms with E-state index in [9.17, 15) is 18.0 Å². The molecule has 0 aliphatic heterocycles. The number of aromatic nitrogens is 1. The van der Waals surface area contributed by atoms with Gasteiger partial charge in [0, 0.05) is 0 Å². The molecule has 21 heavy (non-hydrogen) atoms. The van der Waals surface area contributed by atoms with Crippen molar-refractivity contribution < 1.29 is 18.0 Å². The van der Waals surface area contributed by atoms with E-state index in [4.69, 9.17) is 5.73 Å². The van der Waals surface area contributed by atoms with E-state index in [-0.39, 0.29) is 17.4 Å². The van der Waals surface area contributed by atoms with Crippen molar-refractivity contribution in [3.05, 3.63) is 45.8 Å². The van der Waals surface area contributed by atoms with Gasteiger partial charge < -0.3 is 11.1 Å². The van der Waals surface area contributed by atoms with Gasteiger partial charge in [-0.15, -0.1) is 0 Å². The number of thiophene rings is 1. The average molecular weight is 315 g/mol. The summed E-state index contributed by atoms with van der Waals surface area (Å²) in [6.07, 6.45) is -4.59. The van der Waals surface area contributed by atoms with E-state index in [0.717, 1.165) is 17.7 Å². The van der Waals surface area contributed by atoms with Crippen LogP contribution in [0.25, 0.3) is 0 Å². The van der Waals surface area contributed by atoms with E-state index in [2.05, 4.69) is 10.3 Å². The van der Waals surface area contributed by atoms with E-state index in [0.29, 0.717) is 0 Å². The number of hydrogen-bond donors (Lipinski definition) is 2. The number of primary amides is 1. The first-order chi connectivity index (χ1) is 9.79. The Bertz CT molecular complexity index is 641. The lowest BCUT2D eigenvalue weighted by molar-refractivity contribution is -0.141. The van der Waals surface area contributed by atoms with Gasteiger partial charge in [-0.05, 0) is 41.4 Å². The van der Waals surface area contributed by atoms with Gasteiger partial charge >= 0.3 is 6.18 Å². The summed E-state index contributed by atoms with van der Waals surface area (Å²) < 4.78 is 38.1. The number of hydrogen-bond acceptors (Lipinski definition) is 4. The Kier molecular flexibility index (Phi) is 4.17. The largest absolute Gasteiger partial charge is 0.433 e. The van der Waals surface area contributed by atoms with Crippen molar-refractivity contribution >= 4 is 23.1 Å². The van der Waals surface area contributed by atoms with Crippen LogP contribution in [-0.4, -0.2) is 10.9 Å². The van der Waals surface area contributed by atoms with Gasteiger partial charge in [-0.1, -0.05) is 0 Å². The quantitative estimate of drug-likeness (QED) is 0.908. The molecule has 0 aliphatic carbocycles. The Morgan fingerprint density at radius 1 is 1.38 bits per heavy atom. The summed E-state index contributed by atoms with van der Waals surface area (Å²) in [5, 5.41) is 6.51. The molecule has 1 atom stereocenters. The van der Waals surface area contributed by atoms with Crippen LogP contribution in [0, 0.1) is 0 Å². The lowest BCUT2D eigenvalue weighted by Crippen LogP contribution is -2.19. The minimum absolute atomic E-state index is 0.0786. The SMILES string of the molecule is CC(Nc1nc(C(F)(F)F)ccc1C(N)=O)c1ccsc1. The first-order valence-electron chi connectivity index (χ1n) is 5.95. The minimum atomic E-state index is -4.59. The number of anilines is 1. The second kappa shape index (κ2) is 5.72. The highest BCUT2D eigenvalue weighted by Crippen LogP contribution is 2.30. The third-order valence-electron chi connectivity index (χ3n) is 2.85. The molecule has 0 saturated carbocycles. The normalized spacial score (nSPS) is 13.0. The fraction of sp³-hybridized carbons (Fsp3) is 0.231. The topological polar surface area (TPSA) is 68.0 Å². The van der Waals surface area contributed by atoms with Crippen LogP contribution < -0.4 is 11.1 Å². The smallest absolute Gasteiger partial charge is 0.365 e. The Hall–Kier alpha value is -2.09. The monoisotopic (exact) mass is 315 g/mol. The van der Waals surface area contributed by atoms with Crippen LogP contribution in [0.1, 0.15) is 34.6 Å². The number of nitrogens with two attached hydrogens (primary N) is 1. The molecule has 0 aliphatic rings. The zero-order valence-corrected chi connectivity index (χ0v) is 11.8. The second-order valence-corrected chi connectivity index (χ2v) is 5.16. The zero-order valence-electron chi connectivity index (χ0n) is 10.9. The number of rotatable bonds is 4. The van der Waals surface area contributed by atoms with Gasteiger partial charge in [-0.25, -0.2) is 4.98 Å². The van der Waals surface area contributed by atoms with Crippen molar-refractivity contribution in [1.82, 2.24) is 4.98 Å². The van der Waals surface area contributed by atoms with E-state index in [1.165, 1.54) is 11.3 Å². The molecule has 0 aromatic carbocycles. The summed E-state index contributed by atoms with van der Waals surface area (Å²) in [4.78, 5) is 14.8. The standard InChI is InChI=1S/C13H12F3N3OS/c1-7(8-4-5-21-6-8)18-12-9(11(17)20)2-3-10(19-12)13(14,15)16/h2-7H,1H3,(H2,17,20)(H,18,19). The van der Waals surface area contributed by atoms with Crippen LogP contribution >= 0.6 is 11.3 Å². The fourth-order valence-corrected chi connectivity index (χ4v) is 2.49. The molecule has 2 rings (SSSR count). The van der Waals surface area contributed by atoms with Gasteiger partial charge in [-0.3, -0.25) is 4.79 Å². The molecule has 2 aromatic heterocycles. The number of carbonyl (C=O) groups is 1. The summed E-state index contributed by atoms with van der Waals surface area (Å²) in [6.45, 7) is 1.76. The van der Waals surface area contributed by atoms with Crippen molar-refractivity contribution in [2.24, 2.45) is 5.73 Å². The van der Waals surface area contributed by atoms with E-state index in [1.54, 1.807) is 6.92 Å². The average Bonchev–Trinajstić information content (AvgIpc) is 2.91. The van der Waals surface area contributed by atoms with Crippen LogP contribution in [0.15, 0.2) is 29.0 Å². The van der Waals surface area contributed by atoms with Crippen LogP contribution in [0.3, 0.4) is 0 Å². The van der Waals surface area contributed by atoms with Gasteiger partial charge in [-0.2, -0.15) is 24.5 Å². The van der Waals surface area contributed by atoms with Gasteiger partial charge in [0.05, 0.1) is 11.6 Å². The number of amides is 1. The van der Waals surface area contributed by atoms with Crippen molar-refractivity contribution in [3.8, 4) is 0 Å². The molecule has 0 fully saturated rings. The molecule has 4 nitrogen and oxygen atoms in total. The van der Waals surface area contributed by atoms with Crippen molar-refractivity contribution in [3.63, 3.8) is 0 Å². The summed E-state index contributed by atoms with van der Waals surface area (Å²) in [6, 6.07) is 3.30. The van der Waals surface area contributed by atoms with E-state index in [1.807, 2.05) is 16.8 Å². The Labute approximate surface area is 122 Å². The number of nitrogens with zero attached hydrogens (tertiary/aromatic N) is 1. The van der Waals surface area contributed by atoms with Gasteiger partial charge in [0.15, 0.2) is 0 Å². The molecule has 0 saturated heterocycles. The van der Waals surface area contributed by atoms with Crippen LogP contribution in [0.2, 0.25) is 0 Å². The maximum Gasteiger partial charge on any atom is 0.433 e. The Morgan fingerprint density at radius 3 is 2.62 bits per heavy atom. The molecule has 8 heteroatoms. The maximum atomic E-state index is 12.7. The van der Waals surface area contributed by atoms with Gasteiger partial charge in [0.2, 0.25) is 0 Å². The molecule has 1 amide bonds. The first-order valence-corrected chi connectivity index (χ1v) is 6.90. The summed E-state index contributed by atoms with van der Waals surface area (Å²) >= 11 is 1.46. The third-order valence-corrected chi connectivity index (χ3v) is 3.55. The molecule has 2 heterocycles. The summed E-state index contributed by atoms with van der Waals surface area (Å²) in [7, 11) is 0. The number of halogens is 3. The predicted molar refractivity (Wildman–Crippen MR) is 74.1 cm³/mol. The number of pyridine rings is 1. The zero-order chi connectivity index (χ0) is 15.6. The minimum Gasteiger partial charge on any atom is -0.365 e.